The van der Waals surface area contributed by atoms with E-state index in [1.165, 1.54) is 5.56 Å². The second-order valence-corrected chi connectivity index (χ2v) is 4.40. The summed E-state index contributed by atoms with van der Waals surface area (Å²) in [5.74, 6) is 0. The van der Waals surface area contributed by atoms with Gasteiger partial charge in [-0.25, -0.2) is 0 Å². The topological polar surface area (TPSA) is 27.8 Å². The van der Waals surface area contributed by atoms with Crippen molar-refractivity contribution in [1.82, 2.24) is 10.3 Å². The minimum absolute atomic E-state index is 0.665. The highest BCUT2D eigenvalue weighted by Crippen LogP contribution is 2.03. The van der Waals surface area contributed by atoms with Crippen molar-refractivity contribution in [2.75, 3.05) is 0 Å². The average molecular weight is 260 g/mol. The summed E-state index contributed by atoms with van der Waals surface area (Å²) >= 11 is 10.5. The normalized spacial score (nSPS) is 9.88. The van der Waals surface area contributed by atoms with Crippen molar-refractivity contribution in [3.8, 4) is 0 Å². The summed E-state index contributed by atoms with van der Waals surface area (Å²) in [5.41, 5.74) is 2.06. The molecule has 0 unspecified atom stereocenters. The second kappa shape index (κ2) is 5.70. The smallest absolute Gasteiger partial charge is 0.113 e. The largest absolute Gasteiger partial charge is 0.372 e. The summed E-state index contributed by atoms with van der Waals surface area (Å²) in [4.78, 5) is 3.64. The Morgan fingerprint density at radius 3 is 2.59 bits per heavy atom. The average Bonchev–Trinajstić information content (AvgIpc) is 2.38. The fourth-order valence-electron chi connectivity index (χ4n) is 1.47. The van der Waals surface area contributed by atoms with Crippen molar-refractivity contribution in [3.63, 3.8) is 0 Å². The molecule has 4 heteroatoms. The number of rotatable bonds is 3. The molecule has 0 fully saturated rings. The van der Waals surface area contributed by atoms with Crippen LogP contribution in [-0.4, -0.2) is 9.97 Å². The van der Waals surface area contributed by atoms with Crippen molar-refractivity contribution in [3.05, 3.63) is 64.4 Å². The van der Waals surface area contributed by atoms with E-state index >= 15 is 0 Å². The van der Waals surface area contributed by atoms with Gasteiger partial charge in [0, 0.05) is 18.3 Å². The van der Waals surface area contributed by atoms with Crippen LogP contribution < -0.4 is 5.32 Å². The van der Waals surface area contributed by atoms with Gasteiger partial charge in [-0.2, -0.15) is 0 Å². The van der Waals surface area contributed by atoms with E-state index in [9.17, 15) is 0 Å². The first-order chi connectivity index (χ1) is 8.27. The van der Waals surface area contributed by atoms with Crippen LogP contribution in [0.1, 0.15) is 11.1 Å². The Bertz CT molecular complexity index is 561. The minimum Gasteiger partial charge on any atom is -0.372 e. The zero-order valence-electron chi connectivity index (χ0n) is 9.14. The van der Waals surface area contributed by atoms with Crippen molar-refractivity contribution in [2.24, 2.45) is 0 Å². The van der Waals surface area contributed by atoms with E-state index in [2.05, 4.69) is 22.4 Å². The first kappa shape index (κ1) is 12.0. The van der Waals surface area contributed by atoms with Crippen LogP contribution in [0.5, 0.6) is 0 Å². The molecule has 1 heterocycles. The van der Waals surface area contributed by atoms with E-state index in [0.29, 0.717) is 16.2 Å². The van der Waals surface area contributed by atoms with Crippen LogP contribution in [0.4, 0.5) is 0 Å². The van der Waals surface area contributed by atoms with Gasteiger partial charge in [0.25, 0.3) is 0 Å². The summed E-state index contributed by atoms with van der Waals surface area (Å²) in [6, 6.07) is 13.9. The quantitative estimate of drug-likeness (QED) is 0.830. The summed E-state index contributed by atoms with van der Waals surface area (Å²) in [7, 11) is 0. The molecule has 2 rings (SSSR count). The number of aromatic nitrogens is 1. The van der Waals surface area contributed by atoms with E-state index in [4.69, 9.17) is 24.4 Å². The fourth-order valence-corrected chi connectivity index (χ4v) is 2.02. The van der Waals surface area contributed by atoms with Crippen molar-refractivity contribution in [2.45, 2.75) is 6.54 Å². The van der Waals surface area contributed by atoms with Crippen molar-refractivity contribution < 1.29 is 0 Å². The number of nitrogens with one attached hydrogen (secondary N) is 2. The van der Waals surface area contributed by atoms with Crippen LogP contribution in [0, 0.1) is 4.64 Å². The summed E-state index contributed by atoms with van der Waals surface area (Å²) in [6.45, 7) is 0.712. The molecule has 0 saturated heterocycles. The van der Waals surface area contributed by atoms with Crippen LogP contribution in [0.15, 0.2) is 48.7 Å². The van der Waals surface area contributed by atoms with Gasteiger partial charge in [0.2, 0.25) is 0 Å². The van der Waals surface area contributed by atoms with Crippen LogP contribution in [-0.2, 0) is 6.54 Å². The Hall–Kier alpha value is -1.52. The van der Waals surface area contributed by atoms with Gasteiger partial charge in [-0.3, -0.25) is 0 Å². The Labute approximate surface area is 111 Å². The van der Waals surface area contributed by atoms with Gasteiger partial charge in [0.15, 0.2) is 0 Å². The van der Waals surface area contributed by atoms with Gasteiger partial charge >= 0.3 is 0 Å². The second-order valence-electron chi connectivity index (χ2n) is 3.58. The molecule has 0 spiro atoms. The molecule has 0 bridgehead atoms. The van der Waals surface area contributed by atoms with Gasteiger partial charge in [0.05, 0.1) is 0 Å². The van der Waals surface area contributed by atoms with E-state index in [0.717, 1.165) is 5.56 Å². The molecule has 2 N–H and O–H groups in total. The summed E-state index contributed by atoms with van der Waals surface area (Å²) in [6.07, 6.45) is 1.80. The van der Waals surface area contributed by atoms with E-state index in [1.807, 2.05) is 30.3 Å². The van der Waals surface area contributed by atoms with Crippen LogP contribution in [0.25, 0.3) is 0 Å². The first-order valence-electron chi connectivity index (χ1n) is 5.27. The lowest BCUT2D eigenvalue weighted by Crippen LogP contribution is -2.22. The van der Waals surface area contributed by atoms with Crippen molar-refractivity contribution in [1.29, 1.82) is 0 Å². The highest BCUT2D eigenvalue weighted by atomic mass is 32.1. The number of pyridine rings is 1. The Balaban J connectivity index is 2.04. The number of hydrogen-bond acceptors (Lipinski definition) is 2. The molecule has 2 aromatic rings. The van der Waals surface area contributed by atoms with E-state index in [-0.39, 0.29) is 0 Å². The van der Waals surface area contributed by atoms with Gasteiger partial charge in [-0.15, -0.1) is 0 Å². The molecule has 0 amide bonds. The lowest BCUT2D eigenvalue weighted by Gasteiger charge is -2.07. The SMILES string of the molecule is S=C(NCc1ccccc1)c1ccc[nH]c1=S. The zero-order valence-corrected chi connectivity index (χ0v) is 10.8. The monoisotopic (exact) mass is 260 g/mol. The van der Waals surface area contributed by atoms with Gasteiger partial charge in [0.1, 0.15) is 9.63 Å². The third kappa shape index (κ3) is 3.22. The Kier molecular flexibility index (Phi) is 4.01. The lowest BCUT2D eigenvalue weighted by atomic mass is 10.2. The predicted molar refractivity (Wildman–Crippen MR) is 76.6 cm³/mol. The Morgan fingerprint density at radius 1 is 1.12 bits per heavy atom. The molecule has 0 atom stereocenters. The molecule has 17 heavy (non-hydrogen) atoms. The third-order valence-corrected chi connectivity index (χ3v) is 3.06. The molecule has 0 aliphatic rings. The highest BCUT2D eigenvalue weighted by molar-refractivity contribution is 7.80. The maximum absolute atomic E-state index is 5.31. The molecular weight excluding hydrogens is 248 g/mol. The standard InChI is InChI=1S/C13H12N2S2/c16-12-11(7-4-8-14-12)13(17)15-9-10-5-2-1-3-6-10/h1-8H,9H2,(H,14,16)(H,15,17). The van der Waals surface area contributed by atoms with Gasteiger partial charge in [-0.1, -0.05) is 54.8 Å². The van der Waals surface area contributed by atoms with Crippen LogP contribution >= 0.6 is 24.4 Å². The summed E-state index contributed by atoms with van der Waals surface area (Å²) < 4.78 is 0.665. The first-order valence-corrected chi connectivity index (χ1v) is 6.09. The Morgan fingerprint density at radius 2 is 1.88 bits per heavy atom. The van der Waals surface area contributed by atoms with Crippen LogP contribution in [0.2, 0.25) is 0 Å². The molecule has 0 saturated carbocycles. The van der Waals surface area contributed by atoms with Crippen LogP contribution in [0.3, 0.4) is 0 Å². The van der Waals surface area contributed by atoms with Crippen molar-refractivity contribution >= 4 is 29.4 Å². The molecule has 1 aromatic carbocycles. The molecular formula is C13H12N2S2. The van der Waals surface area contributed by atoms with E-state index in [1.54, 1.807) is 6.20 Å². The third-order valence-electron chi connectivity index (χ3n) is 2.36. The predicted octanol–water partition coefficient (Wildman–Crippen LogP) is 3.21. The zero-order chi connectivity index (χ0) is 12.1. The number of benzene rings is 1. The minimum atomic E-state index is 0.665. The number of thiocarbonyl (C=S) groups is 1. The number of aromatic amines is 1. The summed E-state index contributed by atoms with van der Waals surface area (Å²) in [5, 5.41) is 3.20. The molecule has 0 aliphatic carbocycles. The van der Waals surface area contributed by atoms with Gasteiger partial charge in [-0.05, 0) is 17.7 Å². The molecule has 2 nitrogen and oxygen atoms in total. The molecule has 0 aliphatic heterocycles. The maximum atomic E-state index is 5.31. The maximum Gasteiger partial charge on any atom is 0.113 e. The molecule has 1 aromatic heterocycles. The molecule has 86 valence electrons. The van der Waals surface area contributed by atoms with Gasteiger partial charge < -0.3 is 10.3 Å². The fraction of sp³-hybridized carbons (Fsp3) is 0.0769. The lowest BCUT2D eigenvalue weighted by molar-refractivity contribution is 0.927. The number of H-pyrrole nitrogens is 1. The van der Waals surface area contributed by atoms with E-state index < -0.39 is 0 Å². The highest BCUT2D eigenvalue weighted by Gasteiger charge is 2.02. The molecule has 0 radical (unpaired) electrons. The number of hydrogen-bond donors (Lipinski definition) is 2.